The van der Waals surface area contributed by atoms with E-state index in [1.54, 1.807) is 28.3 Å². The van der Waals surface area contributed by atoms with Gasteiger partial charge in [0.05, 0.1) is 13.2 Å². The first-order valence-electron chi connectivity index (χ1n) is 6.77. The Morgan fingerprint density at radius 3 is 2.20 bits per heavy atom. The van der Waals surface area contributed by atoms with Gasteiger partial charge in [-0.05, 0) is 19.1 Å². The van der Waals surface area contributed by atoms with E-state index in [0.717, 1.165) is 24.3 Å². The molecule has 0 saturated carbocycles. The van der Waals surface area contributed by atoms with Crippen LogP contribution in [0.1, 0.15) is 18.6 Å². The van der Waals surface area contributed by atoms with E-state index in [-0.39, 0.29) is 12.2 Å². The van der Waals surface area contributed by atoms with Gasteiger partial charge in [-0.15, -0.1) is 0 Å². The lowest BCUT2D eigenvalue weighted by atomic mass is 10.1. The second-order valence-corrected chi connectivity index (χ2v) is 5.02. The van der Waals surface area contributed by atoms with Gasteiger partial charge in [0.15, 0.2) is 0 Å². The lowest BCUT2D eigenvalue weighted by molar-refractivity contribution is -0.00461. The number of rotatable bonds is 5. The molecule has 0 radical (unpaired) electrons. The Morgan fingerprint density at radius 2 is 1.75 bits per heavy atom. The fourth-order valence-corrected chi connectivity index (χ4v) is 2.80. The topological polar surface area (TPSA) is 51.2 Å². The number of methoxy groups -OCH3 is 3. The third kappa shape index (κ3) is 2.75. The minimum atomic E-state index is -0.594. The Labute approximate surface area is 120 Å². The Kier molecular flexibility index (Phi) is 4.86. The number of nitrogens with zero attached hydrogens (tertiary/aromatic N) is 1. The molecular formula is C15H23NO4. The molecule has 2 unspecified atom stereocenters. The summed E-state index contributed by atoms with van der Waals surface area (Å²) in [7, 11) is 5.01. The van der Waals surface area contributed by atoms with Crippen LogP contribution in [0, 0.1) is 0 Å². The molecule has 1 aliphatic heterocycles. The van der Waals surface area contributed by atoms with Crippen molar-refractivity contribution >= 4 is 5.69 Å². The summed E-state index contributed by atoms with van der Waals surface area (Å²) >= 11 is 0. The minimum Gasteiger partial charge on any atom is -0.496 e. The van der Waals surface area contributed by atoms with Crippen LogP contribution < -0.4 is 9.64 Å². The van der Waals surface area contributed by atoms with Crippen molar-refractivity contribution in [1.29, 1.82) is 0 Å². The fourth-order valence-electron chi connectivity index (χ4n) is 2.80. The molecule has 1 fully saturated rings. The Bertz CT molecular complexity index is 437. The van der Waals surface area contributed by atoms with Crippen molar-refractivity contribution in [1.82, 2.24) is 0 Å². The lowest BCUT2D eigenvalue weighted by Gasteiger charge is -2.24. The Morgan fingerprint density at radius 1 is 1.15 bits per heavy atom. The smallest absolute Gasteiger partial charge is 0.126 e. The highest BCUT2D eigenvalue weighted by atomic mass is 16.5. The summed E-state index contributed by atoms with van der Waals surface area (Å²) in [5.41, 5.74) is 1.78. The SMILES string of the molecule is COc1cccc(N2CC(OC)C(OC)C2)c1[C@@H](C)O. The van der Waals surface area contributed by atoms with Crippen LogP contribution in [0.2, 0.25) is 0 Å². The third-order valence-corrected chi connectivity index (χ3v) is 3.84. The standard InChI is InChI=1S/C15H23NO4/c1-10(17)15-11(6-5-7-12(15)18-2)16-8-13(19-3)14(9-16)20-4/h5-7,10,13-14,17H,8-9H2,1-4H3/t10-,13?,14?/m1/s1. The van der Waals surface area contributed by atoms with Gasteiger partial charge in [-0.3, -0.25) is 0 Å². The van der Waals surface area contributed by atoms with Crippen molar-refractivity contribution < 1.29 is 19.3 Å². The van der Waals surface area contributed by atoms with Gasteiger partial charge in [-0.1, -0.05) is 6.07 Å². The van der Waals surface area contributed by atoms with Crippen LogP contribution in [0.4, 0.5) is 5.69 Å². The maximum atomic E-state index is 10.1. The van der Waals surface area contributed by atoms with E-state index in [1.165, 1.54) is 0 Å². The number of ether oxygens (including phenoxy) is 3. The molecule has 20 heavy (non-hydrogen) atoms. The van der Waals surface area contributed by atoms with Crippen molar-refractivity contribution in [2.24, 2.45) is 0 Å². The maximum absolute atomic E-state index is 10.1. The van der Waals surface area contributed by atoms with Gasteiger partial charge in [-0.2, -0.15) is 0 Å². The van der Waals surface area contributed by atoms with Crippen molar-refractivity contribution in [3.8, 4) is 5.75 Å². The van der Waals surface area contributed by atoms with Crippen LogP contribution in [-0.2, 0) is 9.47 Å². The molecule has 0 spiro atoms. The monoisotopic (exact) mass is 281 g/mol. The molecule has 5 heteroatoms. The average Bonchev–Trinajstić information content (AvgIpc) is 2.89. The van der Waals surface area contributed by atoms with E-state index in [1.807, 2.05) is 18.2 Å². The molecule has 1 N–H and O–H groups in total. The predicted octanol–water partition coefficient (Wildman–Crippen LogP) is 1.60. The van der Waals surface area contributed by atoms with Gasteiger partial charge < -0.3 is 24.2 Å². The molecule has 2 rings (SSSR count). The first kappa shape index (κ1) is 15.1. The molecule has 0 bridgehead atoms. The van der Waals surface area contributed by atoms with Gasteiger partial charge >= 0.3 is 0 Å². The van der Waals surface area contributed by atoms with Crippen LogP contribution in [0.3, 0.4) is 0 Å². The zero-order valence-electron chi connectivity index (χ0n) is 12.5. The molecule has 3 atom stereocenters. The summed E-state index contributed by atoms with van der Waals surface area (Å²) in [5, 5.41) is 10.1. The molecule has 0 aliphatic carbocycles. The Balaban J connectivity index is 2.34. The number of hydrogen-bond acceptors (Lipinski definition) is 5. The lowest BCUT2D eigenvalue weighted by Crippen LogP contribution is -2.27. The highest BCUT2D eigenvalue weighted by molar-refractivity contribution is 5.61. The van der Waals surface area contributed by atoms with Gasteiger partial charge in [0.25, 0.3) is 0 Å². The molecule has 0 aromatic heterocycles. The van der Waals surface area contributed by atoms with Gasteiger partial charge in [0.1, 0.15) is 18.0 Å². The van der Waals surface area contributed by atoms with Crippen molar-refractivity contribution in [2.45, 2.75) is 25.2 Å². The first-order valence-corrected chi connectivity index (χ1v) is 6.77. The fraction of sp³-hybridized carbons (Fsp3) is 0.600. The van der Waals surface area contributed by atoms with E-state index in [0.29, 0.717) is 5.75 Å². The van der Waals surface area contributed by atoms with Gasteiger partial charge in [-0.25, -0.2) is 0 Å². The second-order valence-electron chi connectivity index (χ2n) is 5.02. The van der Waals surface area contributed by atoms with Crippen LogP contribution >= 0.6 is 0 Å². The first-order chi connectivity index (χ1) is 9.62. The van der Waals surface area contributed by atoms with E-state index in [9.17, 15) is 5.11 Å². The van der Waals surface area contributed by atoms with Crippen LogP contribution in [0.15, 0.2) is 18.2 Å². The molecule has 0 amide bonds. The minimum absolute atomic E-state index is 0.0352. The molecule has 1 aliphatic rings. The molecular weight excluding hydrogens is 258 g/mol. The van der Waals surface area contributed by atoms with E-state index < -0.39 is 6.10 Å². The zero-order chi connectivity index (χ0) is 14.7. The normalized spacial score (nSPS) is 23.9. The second kappa shape index (κ2) is 6.43. The largest absolute Gasteiger partial charge is 0.496 e. The summed E-state index contributed by atoms with van der Waals surface area (Å²) < 4.78 is 16.3. The van der Waals surface area contributed by atoms with Crippen LogP contribution in [0.5, 0.6) is 5.75 Å². The number of hydrogen-bond donors (Lipinski definition) is 1. The van der Waals surface area contributed by atoms with Crippen LogP contribution in [0.25, 0.3) is 0 Å². The maximum Gasteiger partial charge on any atom is 0.126 e. The Hall–Kier alpha value is -1.30. The highest BCUT2D eigenvalue weighted by Gasteiger charge is 2.34. The van der Waals surface area contributed by atoms with Crippen molar-refractivity contribution in [3.63, 3.8) is 0 Å². The van der Waals surface area contributed by atoms with Crippen molar-refractivity contribution in [3.05, 3.63) is 23.8 Å². The quantitative estimate of drug-likeness (QED) is 0.888. The van der Waals surface area contributed by atoms with E-state index >= 15 is 0 Å². The number of aliphatic hydroxyl groups excluding tert-OH is 1. The summed E-state index contributed by atoms with van der Waals surface area (Å²) in [6.45, 7) is 3.23. The number of anilines is 1. The molecule has 1 saturated heterocycles. The summed E-state index contributed by atoms with van der Waals surface area (Å²) in [4.78, 5) is 2.17. The van der Waals surface area contributed by atoms with E-state index in [4.69, 9.17) is 14.2 Å². The summed E-state index contributed by atoms with van der Waals surface area (Å²) in [6.07, 6.45) is -0.523. The highest BCUT2D eigenvalue weighted by Crippen LogP contribution is 2.36. The average molecular weight is 281 g/mol. The molecule has 1 aromatic rings. The molecule has 1 aromatic carbocycles. The molecule has 5 nitrogen and oxygen atoms in total. The van der Waals surface area contributed by atoms with Gasteiger partial charge in [0.2, 0.25) is 0 Å². The van der Waals surface area contributed by atoms with Crippen LogP contribution in [-0.4, -0.2) is 51.7 Å². The molecule has 112 valence electrons. The number of aliphatic hydroxyl groups is 1. The third-order valence-electron chi connectivity index (χ3n) is 3.84. The zero-order valence-corrected chi connectivity index (χ0v) is 12.5. The van der Waals surface area contributed by atoms with Crippen molar-refractivity contribution in [2.75, 3.05) is 39.3 Å². The van der Waals surface area contributed by atoms with Gasteiger partial charge in [0, 0.05) is 38.6 Å². The predicted molar refractivity (Wildman–Crippen MR) is 77.4 cm³/mol. The van der Waals surface area contributed by atoms with E-state index in [2.05, 4.69) is 4.90 Å². The summed E-state index contributed by atoms with van der Waals surface area (Å²) in [5.74, 6) is 0.701. The number of benzene rings is 1. The summed E-state index contributed by atoms with van der Waals surface area (Å²) in [6, 6.07) is 5.79. The molecule has 1 heterocycles.